The van der Waals surface area contributed by atoms with Crippen molar-refractivity contribution in [2.24, 2.45) is 5.92 Å². The van der Waals surface area contributed by atoms with Crippen molar-refractivity contribution in [3.63, 3.8) is 0 Å². The standard InChI is InChI=1S/C24H26F5N7O4/c1-40-19-11-30-10-15(33-19)22(39)35-20(13-2-5-23(25,26)6-3-13)16-12-36-17(32-16)8-14(9-31-36)21(38)34-18(37)4-7-24(27,28)29/h8-13,20-21,38H,2-7H2,1H3,(H,34,37)(H,35,39)/t20-,21+/m0/s1. The second-order valence-electron chi connectivity index (χ2n) is 9.43. The van der Waals surface area contributed by atoms with Crippen molar-refractivity contribution in [2.45, 2.75) is 62.9 Å². The number of nitrogens with one attached hydrogen (secondary N) is 2. The summed E-state index contributed by atoms with van der Waals surface area (Å²) in [6.07, 6.45) is -3.66. The van der Waals surface area contributed by atoms with Crippen molar-refractivity contribution in [1.29, 1.82) is 0 Å². The van der Waals surface area contributed by atoms with Gasteiger partial charge in [-0.1, -0.05) is 0 Å². The first-order chi connectivity index (χ1) is 18.8. The molecule has 3 heterocycles. The molecule has 0 bridgehead atoms. The van der Waals surface area contributed by atoms with Gasteiger partial charge in [0, 0.05) is 24.8 Å². The van der Waals surface area contributed by atoms with Gasteiger partial charge >= 0.3 is 6.18 Å². The maximum atomic E-state index is 13.9. The number of hydrogen-bond donors (Lipinski definition) is 3. The van der Waals surface area contributed by atoms with Crippen LogP contribution in [0.3, 0.4) is 0 Å². The van der Waals surface area contributed by atoms with Crippen molar-refractivity contribution < 1.29 is 41.4 Å². The Hall–Kier alpha value is -3.95. The van der Waals surface area contributed by atoms with Crippen molar-refractivity contribution in [2.75, 3.05) is 7.11 Å². The molecule has 216 valence electrons. The zero-order valence-corrected chi connectivity index (χ0v) is 21.2. The highest BCUT2D eigenvalue weighted by molar-refractivity contribution is 5.92. The van der Waals surface area contributed by atoms with E-state index in [9.17, 15) is 36.6 Å². The Morgan fingerprint density at radius 1 is 1.18 bits per heavy atom. The fourth-order valence-corrected chi connectivity index (χ4v) is 4.37. The summed E-state index contributed by atoms with van der Waals surface area (Å²) in [7, 11) is 1.36. The summed E-state index contributed by atoms with van der Waals surface area (Å²) in [6, 6.07) is 0.542. The van der Waals surface area contributed by atoms with Gasteiger partial charge in [-0.2, -0.15) is 18.3 Å². The maximum Gasteiger partial charge on any atom is 0.389 e. The number of aliphatic hydroxyl groups is 1. The highest BCUT2D eigenvalue weighted by Gasteiger charge is 2.39. The van der Waals surface area contributed by atoms with E-state index >= 15 is 0 Å². The lowest BCUT2D eigenvalue weighted by molar-refractivity contribution is -0.145. The fraction of sp³-hybridized carbons (Fsp3) is 0.500. The lowest BCUT2D eigenvalue weighted by atomic mass is 9.81. The largest absolute Gasteiger partial charge is 0.480 e. The highest BCUT2D eigenvalue weighted by atomic mass is 19.4. The molecule has 0 unspecified atom stereocenters. The highest BCUT2D eigenvalue weighted by Crippen LogP contribution is 2.41. The first kappa shape index (κ1) is 29.0. The van der Waals surface area contributed by atoms with Crippen LogP contribution in [0, 0.1) is 5.92 Å². The average Bonchev–Trinajstić information content (AvgIpc) is 3.33. The smallest absolute Gasteiger partial charge is 0.389 e. The third-order valence-electron chi connectivity index (χ3n) is 6.50. The summed E-state index contributed by atoms with van der Waals surface area (Å²) in [5, 5.41) is 19.3. The topological polar surface area (TPSA) is 144 Å². The van der Waals surface area contributed by atoms with Gasteiger partial charge in [-0.15, -0.1) is 0 Å². The van der Waals surface area contributed by atoms with Gasteiger partial charge in [0.2, 0.25) is 17.7 Å². The molecule has 1 saturated carbocycles. The van der Waals surface area contributed by atoms with E-state index in [0.29, 0.717) is 5.69 Å². The molecule has 3 N–H and O–H groups in total. The lowest BCUT2D eigenvalue weighted by Crippen LogP contribution is -2.37. The van der Waals surface area contributed by atoms with Gasteiger partial charge in [0.05, 0.1) is 50.1 Å². The molecule has 16 heteroatoms. The average molecular weight is 572 g/mol. The molecule has 1 aliphatic carbocycles. The SMILES string of the molecule is COc1cncc(C(=O)N[C@H](c2cn3ncc([C@@H](O)NC(=O)CCC(F)(F)F)cc3n2)C2CCC(F)(F)CC2)n1. The van der Waals surface area contributed by atoms with Crippen LogP contribution in [-0.4, -0.2) is 60.7 Å². The minimum Gasteiger partial charge on any atom is -0.480 e. The van der Waals surface area contributed by atoms with E-state index in [-0.39, 0.29) is 48.5 Å². The number of halogens is 5. The van der Waals surface area contributed by atoms with Crippen LogP contribution in [0.15, 0.2) is 30.9 Å². The molecule has 3 aromatic heterocycles. The normalized spacial score (nSPS) is 17.3. The van der Waals surface area contributed by atoms with Crippen LogP contribution in [0.2, 0.25) is 0 Å². The summed E-state index contributed by atoms with van der Waals surface area (Å²) in [6.45, 7) is 0. The molecule has 1 aliphatic rings. The van der Waals surface area contributed by atoms with Crippen molar-refractivity contribution in [1.82, 2.24) is 35.2 Å². The summed E-state index contributed by atoms with van der Waals surface area (Å²) >= 11 is 0. The molecule has 0 spiro atoms. The third kappa shape index (κ3) is 7.37. The predicted octanol–water partition coefficient (Wildman–Crippen LogP) is 3.27. The van der Waals surface area contributed by atoms with Crippen molar-refractivity contribution in [3.05, 3.63) is 47.8 Å². The van der Waals surface area contributed by atoms with Crippen molar-refractivity contribution in [3.8, 4) is 5.88 Å². The zero-order chi connectivity index (χ0) is 29.1. The molecule has 3 aromatic rings. The molecule has 40 heavy (non-hydrogen) atoms. The number of hydrogen-bond acceptors (Lipinski definition) is 8. The lowest BCUT2D eigenvalue weighted by Gasteiger charge is -2.33. The first-order valence-corrected chi connectivity index (χ1v) is 12.3. The Morgan fingerprint density at radius 3 is 2.58 bits per heavy atom. The number of alkyl halides is 5. The fourth-order valence-electron chi connectivity index (χ4n) is 4.37. The quantitative estimate of drug-likeness (QED) is 0.262. The second kappa shape index (κ2) is 11.7. The summed E-state index contributed by atoms with van der Waals surface area (Å²) in [5.41, 5.74) is 0.471. The van der Waals surface area contributed by atoms with Gasteiger partial charge in [0.1, 0.15) is 5.69 Å². The Kier molecular flexibility index (Phi) is 8.46. The van der Waals surface area contributed by atoms with Crippen LogP contribution >= 0.6 is 0 Å². The first-order valence-electron chi connectivity index (χ1n) is 12.3. The monoisotopic (exact) mass is 571 g/mol. The number of imidazole rings is 1. The van der Waals surface area contributed by atoms with E-state index in [1.54, 1.807) is 0 Å². The molecule has 1 fully saturated rings. The number of carbonyl (C=O) groups excluding carboxylic acids is 2. The Bertz CT molecular complexity index is 1360. The zero-order valence-electron chi connectivity index (χ0n) is 21.2. The van der Waals surface area contributed by atoms with E-state index < -0.39 is 54.9 Å². The predicted molar refractivity (Wildman–Crippen MR) is 127 cm³/mol. The number of rotatable bonds is 9. The number of aliphatic hydroxyl groups excluding tert-OH is 1. The maximum absolute atomic E-state index is 13.9. The number of carbonyl (C=O) groups is 2. The molecular formula is C24H26F5N7O4. The number of amides is 2. The van der Waals surface area contributed by atoms with Gasteiger partial charge in [0.25, 0.3) is 5.91 Å². The summed E-state index contributed by atoms with van der Waals surface area (Å²) in [4.78, 5) is 37.2. The Balaban J connectivity index is 1.56. The molecule has 11 nitrogen and oxygen atoms in total. The van der Waals surface area contributed by atoms with Crippen LogP contribution in [0.5, 0.6) is 5.88 Å². The van der Waals surface area contributed by atoms with E-state index in [4.69, 9.17) is 4.74 Å². The molecule has 0 aromatic carbocycles. The van der Waals surface area contributed by atoms with Gasteiger partial charge in [-0.25, -0.2) is 23.3 Å². The van der Waals surface area contributed by atoms with Gasteiger partial charge in [-0.05, 0) is 24.8 Å². The van der Waals surface area contributed by atoms with Crippen LogP contribution < -0.4 is 15.4 Å². The Labute approximate surface area is 224 Å². The van der Waals surface area contributed by atoms with Crippen LogP contribution in [0.25, 0.3) is 5.65 Å². The molecule has 0 saturated heterocycles. The minimum atomic E-state index is -4.52. The van der Waals surface area contributed by atoms with Crippen LogP contribution in [0.1, 0.15) is 72.5 Å². The number of ether oxygens (including phenoxy) is 1. The number of nitrogens with zero attached hydrogens (tertiary/aromatic N) is 5. The van der Waals surface area contributed by atoms with Gasteiger partial charge in [-0.3, -0.25) is 14.6 Å². The summed E-state index contributed by atoms with van der Waals surface area (Å²) < 4.78 is 71.2. The molecule has 2 amide bonds. The van der Waals surface area contributed by atoms with E-state index in [0.717, 1.165) is 0 Å². The minimum absolute atomic E-state index is 0.0505. The number of aromatic nitrogens is 5. The van der Waals surface area contributed by atoms with Crippen molar-refractivity contribution >= 4 is 17.5 Å². The third-order valence-corrected chi connectivity index (χ3v) is 6.50. The molecule has 0 radical (unpaired) electrons. The number of methoxy groups -OCH3 is 1. The van der Waals surface area contributed by atoms with Crippen LogP contribution in [-0.2, 0) is 4.79 Å². The second-order valence-corrected chi connectivity index (χ2v) is 9.43. The van der Waals surface area contributed by atoms with Gasteiger partial charge < -0.3 is 20.5 Å². The van der Waals surface area contributed by atoms with E-state index in [1.165, 1.54) is 42.5 Å². The van der Waals surface area contributed by atoms with Gasteiger partial charge in [0.15, 0.2) is 11.9 Å². The molecule has 2 atom stereocenters. The van der Waals surface area contributed by atoms with E-state index in [1.807, 2.05) is 0 Å². The molecular weight excluding hydrogens is 545 g/mol. The molecule has 4 rings (SSSR count). The Morgan fingerprint density at radius 2 is 1.90 bits per heavy atom. The van der Waals surface area contributed by atoms with E-state index in [2.05, 4.69) is 30.7 Å². The summed E-state index contributed by atoms with van der Waals surface area (Å²) in [5.74, 6) is -4.73. The molecule has 0 aliphatic heterocycles. The number of fused-ring (bicyclic) bond motifs is 1. The van der Waals surface area contributed by atoms with Crippen LogP contribution in [0.4, 0.5) is 22.0 Å².